The van der Waals surface area contributed by atoms with E-state index in [1.165, 1.54) is 0 Å². The van der Waals surface area contributed by atoms with Crippen molar-refractivity contribution in [1.82, 2.24) is 0 Å². The summed E-state index contributed by atoms with van der Waals surface area (Å²) in [4.78, 5) is 64.5. The maximum atomic E-state index is 11.6. The Morgan fingerprint density at radius 2 is 0.628 bits per heavy atom. The quantitative estimate of drug-likeness (QED) is 0.207. The van der Waals surface area contributed by atoms with Gasteiger partial charge in [0.1, 0.15) is 0 Å². The number of benzene rings is 4. The summed E-state index contributed by atoms with van der Waals surface area (Å²) >= 11 is -2.33. The van der Waals surface area contributed by atoms with E-state index < -0.39 is 63.2 Å². The van der Waals surface area contributed by atoms with Crippen LogP contribution in [0.3, 0.4) is 0 Å². The van der Waals surface area contributed by atoms with Crippen molar-refractivity contribution in [3.05, 3.63) is 144 Å². The van der Waals surface area contributed by atoms with Gasteiger partial charge in [-0.15, -0.1) is 0 Å². The molecule has 4 aromatic carbocycles. The van der Waals surface area contributed by atoms with Gasteiger partial charge < -0.3 is 14.4 Å². The molecule has 0 spiro atoms. The first kappa shape index (κ1) is 35.2. The third-order valence-corrected chi connectivity index (χ3v) is 5.90. The van der Waals surface area contributed by atoms with Crippen molar-refractivity contribution >= 4 is 63.2 Å². The summed E-state index contributed by atoms with van der Waals surface area (Å²) in [7, 11) is -4.14. The fourth-order valence-electron chi connectivity index (χ4n) is 2.79. The number of rotatable bonds is 8. The van der Waals surface area contributed by atoms with Crippen LogP contribution in [-0.4, -0.2) is 62.3 Å². The minimum atomic E-state index is -4.14. The molecule has 0 saturated carbocycles. The molecule has 0 aliphatic heterocycles. The van der Waals surface area contributed by atoms with E-state index in [4.69, 9.17) is 29.5 Å². The van der Waals surface area contributed by atoms with Gasteiger partial charge in [-0.05, 0) is 6.66 Å². The molecule has 0 N–H and O–H groups in total. The van der Waals surface area contributed by atoms with Gasteiger partial charge in [0.2, 0.25) is 0 Å². The van der Waals surface area contributed by atoms with E-state index in [2.05, 4.69) is 0 Å². The van der Waals surface area contributed by atoms with Gasteiger partial charge in [-0.25, -0.2) is 0 Å². The fourth-order valence-corrected chi connectivity index (χ4v) is 3.78. The van der Waals surface area contributed by atoms with Crippen LogP contribution in [-0.2, 0) is 19.7 Å². The van der Waals surface area contributed by atoms with Crippen molar-refractivity contribution in [2.24, 2.45) is 0 Å². The van der Waals surface area contributed by atoms with Crippen molar-refractivity contribution in [2.45, 2.75) is 0 Å². The Balaban J connectivity index is 0.000000260. The van der Waals surface area contributed by atoms with E-state index in [0.29, 0.717) is 28.9 Å². The Bertz CT molecular complexity index is 1270. The molecule has 0 saturated heterocycles. The number of carbonyl (C=O) groups is 4. The van der Waals surface area contributed by atoms with Gasteiger partial charge in [0.25, 0.3) is 0 Å². The summed E-state index contributed by atoms with van der Waals surface area (Å²) < 4.78 is 28.8. The summed E-state index contributed by atoms with van der Waals surface area (Å²) in [6, 6.07) is 34.2. The average Bonchev–Trinajstić information content (AvgIpc) is 3.02. The first-order chi connectivity index (χ1) is 20.5. The van der Waals surface area contributed by atoms with Crippen LogP contribution in [0.25, 0.3) is 0 Å². The molecule has 0 aliphatic carbocycles. The van der Waals surface area contributed by atoms with E-state index in [-0.39, 0.29) is 0 Å². The molecule has 0 aromatic heterocycles. The third kappa shape index (κ3) is 15.7. The third-order valence-electron chi connectivity index (χ3n) is 4.66. The van der Waals surface area contributed by atoms with E-state index in [1.807, 2.05) is 0 Å². The van der Waals surface area contributed by atoms with Crippen molar-refractivity contribution in [3.63, 3.8) is 0 Å². The second-order valence-electron chi connectivity index (χ2n) is 8.05. The Labute approximate surface area is 261 Å². The van der Waals surface area contributed by atoms with Gasteiger partial charge in [-0.1, -0.05) is 7.60 Å². The molecule has 0 amide bonds. The van der Waals surface area contributed by atoms with Crippen molar-refractivity contribution in [1.29, 1.82) is 0 Å². The number of hydrogen-bond donors (Lipinski definition) is 0. The second kappa shape index (κ2) is 19.2. The summed E-state index contributed by atoms with van der Waals surface area (Å²) in [5.41, 5.74) is 1.74. The van der Waals surface area contributed by atoms with Gasteiger partial charge in [-0.3, -0.25) is 0 Å². The molecular weight excluding hydrogens is 609 g/mol. The van der Waals surface area contributed by atoms with E-state index in [0.717, 1.165) is 0 Å². The summed E-state index contributed by atoms with van der Waals surface area (Å²) in [5.74, 6) is -1.96. The maximum absolute atomic E-state index is 11.6. The molecule has 0 unspecified atom stereocenters. The van der Waals surface area contributed by atoms with Crippen LogP contribution in [0.4, 0.5) is 0 Å². The van der Waals surface area contributed by atoms with Crippen molar-refractivity contribution < 1.29 is 48.7 Å². The predicted octanol–water partition coefficient (Wildman–Crippen LogP) is 3.00. The van der Waals surface area contributed by atoms with Crippen molar-refractivity contribution in [3.8, 4) is 0 Å². The molecule has 0 radical (unpaired) electrons. The normalized spacial score (nSPS) is 9.56. The van der Waals surface area contributed by atoms with Crippen LogP contribution in [0.2, 0.25) is 0 Å². The summed E-state index contributed by atoms with van der Waals surface area (Å²) in [5, 5.41) is 0. The molecule has 0 aliphatic rings. The van der Waals surface area contributed by atoms with Crippen LogP contribution in [0.15, 0.2) is 121 Å². The molecular formula is C29H23Al2O11P. The molecule has 0 bridgehead atoms. The Morgan fingerprint density at radius 1 is 0.465 bits per heavy atom. The molecule has 4 aromatic rings. The monoisotopic (exact) mass is 632 g/mol. The summed E-state index contributed by atoms with van der Waals surface area (Å²) in [6.45, 7) is 0.632. The average molecular weight is 632 g/mol. The molecule has 14 heteroatoms. The Morgan fingerprint density at radius 3 is 0.791 bits per heavy atom. The fraction of sp³-hybridized carbons (Fsp3) is 0.0345. The van der Waals surface area contributed by atoms with Crippen molar-refractivity contribution in [2.75, 3.05) is 6.66 Å². The topological polar surface area (TPSA) is 168 Å². The van der Waals surface area contributed by atoms with E-state index >= 15 is 0 Å². The van der Waals surface area contributed by atoms with Gasteiger partial charge >= 0.3 is 234 Å². The van der Waals surface area contributed by atoms with Gasteiger partial charge in [0.15, 0.2) is 0 Å². The van der Waals surface area contributed by atoms with Crippen LogP contribution < -0.4 is 9.79 Å². The number of carbonyl (C=O) groups excluding carboxylic acids is 4. The zero-order valence-electron chi connectivity index (χ0n) is 22.6. The zero-order valence-corrected chi connectivity index (χ0v) is 25.8. The zero-order chi connectivity index (χ0) is 31.5. The molecule has 0 fully saturated rings. The van der Waals surface area contributed by atoms with Crippen LogP contribution in [0, 0.1) is 0 Å². The molecule has 0 heterocycles. The second-order valence-corrected chi connectivity index (χ2v) is 10.9. The first-order valence-electron chi connectivity index (χ1n) is 12.2. The molecule has 4 rings (SSSR count). The standard InChI is InChI=1S/4C7H6O2.CH5O3P.2Al/c4*8-7(9)6-4-2-1-3-5-6;1-5(2,3)4;;/h4*1-5H,(H,8,9);1H3,(H2,2,3,4);;/q;;;;;2*+3/p-6. The summed E-state index contributed by atoms with van der Waals surface area (Å²) in [6.07, 6.45) is 0. The van der Waals surface area contributed by atoms with E-state index in [9.17, 15) is 19.2 Å². The SMILES string of the molecule is CP(=O)([O-])[O-].O=C([O][Al+][O]C(=O)c1ccccc1)c1ccccc1.O=C([O][Al+][O]C(=O)c1ccccc1)c1ccccc1. The first-order valence-corrected chi connectivity index (χ1v) is 16.1. The van der Waals surface area contributed by atoms with Crippen LogP contribution in [0.1, 0.15) is 41.4 Å². The molecule has 216 valence electrons. The number of hydrogen-bond acceptors (Lipinski definition) is 11. The Hall–Kier alpha value is -4.03. The molecule has 0 atom stereocenters. The molecule has 43 heavy (non-hydrogen) atoms. The minimum absolute atomic E-state index is 0.436. The van der Waals surface area contributed by atoms with E-state index in [1.54, 1.807) is 121 Å². The van der Waals surface area contributed by atoms with Gasteiger partial charge in [0.05, 0.1) is 0 Å². The van der Waals surface area contributed by atoms with Crippen LogP contribution >= 0.6 is 7.60 Å². The van der Waals surface area contributed by atoms with Gasteiger partial charge in [-0.2, -0.15) is 0 Å². The Kier molecular flexibility index (Phi) is 15.7. The van der Waals surface area contributed by atoms with Gasteiger partial charge in [0, 0.05) is 0 Å². The molecule has 11 nitrogen and oxygen atoms in total. The van der Waals surface area contributed by atoms with Crippen LogP contribution in [0.5, 0.6) is 0 Å². The predicted molar refractivity (Wildman–Crippen MR) is 152 cm³/mol.